The fourth-order valence-electron chi connectivity index (χ4n) is 3.45. The minimum absolute atomic E-state index is 0.0726. The first kappa shape index (κ1) is 19.2. The quantitative estimate of drug-likeness (QED) is 0.696. The van der Waals surface area contributed by atoms with Crippen LogP contribution in [0.5, 0.6) is 0 Å². The number of hydrogen-bond donors (Lipinski definition) is 1. The van der Waals surface area contributed by atoms with Crippen molar-refractivity contribution in [1.82, 2.24) is 14.8 Å². The van der Waals surface area contributed by atoms with Gasteiger partial charge in [0.15, 0.2) is 5.65 Å². The van der Waals surface area contributed by atoms with E-state index < -0.39 is 17.5 Å². The van der Waals surface area contributed by atoms with Crippen molar-refractivity contribution in [2.45, 2.75) is 50.8 Å². The van der Waals surface area contributed by atoms with Crippen LogP contribution in [0.15, 0.2) is 17.5 Å². The van der Waals surface area contributed by atoms with E-state index in [2.05, 4.69) is 20.6 Å². The van der Waals surface area contributed by atoms with E-state index in [-0.39, 0.29) is 12.8 Å². The molecule has 0 bridgehead atoms. The minimum Gasteiger partial charge on any atom is -0.469 e. The number of carbonyl (C=O) groups excluding carboxylic acids is 2. The molecule has 2 aromatic heterocycles. The second kappa shape index (κ2) is 7.34. The molecule has 0 spiro atoms. The maximum absolute atomic E-state index is 12.4. The number of ether oxygens (including phenoxy) is 2. The third-order valence-corrected chi connectivity index (χ3v) is 5.20. The van der Waals surface area contributed by atoms with Crippen LogP contribution >= 0.6 is 0 Å². The third kappa shape index (κ3) is 3.39. The normalized spacial score (nSPS) is 20.9. The van der Waals surface area contributed by atoms with Crippen LogP contribution in [-0.2, 0) is 30.4 Å². The molecule has 2 aromatic rings. The van der Waals surface area contributed by atoms with Crippen molar-refractivity contribution in [3.8, 4) is 0 Å². The lowest BCUT2D eigenvalue weighted by Gasteiger charge is -2.22. The monoisotopic (exact) mass is 401 g/mol. The zero-order chi connectivity index (χ0) is 20.6. The summed E-state index contributed by atoms with van der Waals surface area (Å²) < 4.78 is 11.4. The lowest BCUT2D eigenvalue weighted by atomic mass is 9.90. The maximum atomic E-state index is 12.4. The molecule has 10 nitrogen and oxygen atoms in total. The number of rotatable bonds is 7. The van der Waals surface area contributed by atoms with Crippen LogP contribution in [0.3, 0.4) is 0 Å². The highest BCUT2D eigenvalue weighted by Gasteiger charge is 2.50. The Balaban J connectivity index is 1.72. The first-order valence-corrected chi connectivity index (χ1v) is 9.53. The van der Waals surface area contributed by atoms with Gasteiger partial charge < -0.3 is 19.6 Å². The molecular formula is C19H23N5O5. The number of anilines is 1. The Morgan fingerprint density at radius 2 is 2.10 bits per heavy atom. The molecule has 10 heteroatoms. The topological polar surface area (TPSA) is 117 Å². The fraction of sp³-hybridized carbons (Fsp3) is 0.526. The molecule has 3 heterocycles. The van der Waals surface area contributed by atoms with Gasteiger partial charge in [0.25, 0.3) is 0 Å². The molecule has 1 N–H and O–H groups in total. The molecule has 1 aliphatic heterocycles. The number of aromatic nitrogens is 3. The summed E-state index contributed by atoms with van der Waals surface area (Å²) in [6.07, 6.45) is 5.43. The minimum atomic E-state index is -1.55. The van der Waals surface area contributed by atoms with Crippen molar-refractivity contribution in [2.75, 3.05) is 19.5 Å². The maximum Gasteiger partial charge on any atom is 0.354 e. The van der Waals surface area contributed by atoms with E-state index >= 15 is 0 Å². The average molecular weight is 401 g/mol. The third-order valence-electron chi connectivity index (χ3n) is 5.20. The van der Waals surface area contributed by atoms with E-state index in [1.807, 2.05) is 11.6 Å². The molecule has 2 aliphatic rings. The van der Waals surface area contributed by atoms with Crippen LogP contribution in [0, 0.1) is 0 Å². The van der Waals surface area contributed by atoms with Gasteiger partial charge in [0.05, 0.1) is 43.6 Å². The first-order valence-electron chi connectivity index (χ1n) is 9.53. The second-order valence-electron chi connectivity index (χ2n) is 7.21. The summed E-state index contributed by atoms with van der Waals surface area (Å²) in [5.74, 6) is -1.26. The van der Waals surface area contributed by atoms with Gasteiger partial charge in [-0.3, -0.25) is 4.79 Å². The van der Waals surface area contributed by atoms with Crippen molar-refractivity contribution < 1.29 is 23.9 Å². The predicted molar refractivity (Wildman–Crippen MR) is 103 cm³/mol. The zero-order valence-electron chi connectivity index (χ0n) is 16.6. The summed E-state index contributed by atoms with van der Waals surface area (Å²) in [6.45, 7) is 2.70. The smallest absolute Gasteiger partial charge is 0.354 e. The van der Waals surface area contributed by atoms with Gasteiger partial charge in [-0.1, -0.05) is 5.16 Å². The molecule has 0 saturated heterocycles. The number of nitrogens with zero attached hydrogens (tertiary/aromatic N) is 4. The van der Waals surface area contributed by atoms with Gasteiger partial charge in [-0.2, -0.15) is 5.10 Å². The van der Waals surface area contributed by atoms with Crippen LogP contribution in [-0.4, -0.2) is 58.3 Å². The summed E-state index contributed by atoms with van der Waals surface area (Å²) in [5.41, 5.74) is 1.32. The Morgan fingerprint density at radius 1 is 1.31 bits per heavy atom. The predicted octanol–water partition coefficient (Wildman–Crippen LogP) is 1.62. The number of esters is 2. The van der Waals surface area contributed by atoms with Crippen molar-refractivity contribution in [3.63, 3.8) is 0 Å². The summed E-state index contributed by atoms with van der Waals surface area (Å²) in [7, 11) is 2.50. The number of carbonyl (C=O) groups is 2. The van der Waals surface area contributed by atoms with Gasteiger partial charge in [-0.05, 0) is 19.8 Å². The van der Waals surface area contributed by atoms with Crippen LogP contribution < -0.4 is 5.32 Å². The molecule has 1 aliphatic carbocycles. The van der Waals surface area contributed by atoms with E-state index in [1.54, 1.807) is 12.4 Å². The standard InChI is InChI=1S/C19H23N5O5/c1-4-24-17-13(10-21-24)16(22-11-5-6-11)12(9-20-17)14-7-19(29-23-14,18(26)28-3)8-15(25)27-2/h9-11H,4-8H2,1-3H3,(H,20,22). The van der Waals surface area contributed by atoms with Gasteiger partial charge in [0.1, 0.15) is 0 Å². The number of methoxy groups -OCH3 is 2. The van der Waals surface area contributed by atoms with E-state index in [4.69, 9.17) is 14.3 Å². The highest BCUT2D eigenvalue weighted by molar-refractivity contribution is 6.12. The van der Waals surface area contributed by atoms with Crippen molar-refractivity contribution in [2.24, 2.45) is 5.16 Å². The summed E-state index contributed by atoms with van der Waals surface area (Å²) >= 11 is 0. The molecule has 4 rings (SSSR count). The Bertz CT molecular complexity index is 996. The van der Waals surface area contributed by atoms with Crippen LogP contribution in [0.1, 0.15) is 38.2 Å². The lowest BCUT2D eigenvalue weighted by molar-refractivity contribution is -0.173. The van der Waals surface area contributed by atoms with Crippen molar-refractivity contribution in [3.05, 3.63) is 18.0 Å². The van der Waals surface area contributed by atoms with Crippen molar-refractivity contribution in [1.29, 1.82) is 0 Å². The van der Waals surface area contributed by atoms with Crippen LogP contribution in [0.2, 0.25) is 0 Å². The zero-order valence-corrected chi connectivity index (χ0v) is 16.6. The summed E-state index contributed by atoms with van der Waals surface area (Å²) in [6, 6.07) is 0.382. The molecule has 1 saturated carbocycles. The van der Waals surface area contributed by atoms with E-state index in [0.29, 0.717) is 18.3 Å². The van der Waals surface area contributed by atoms with Crippen molar-refractivity contribution >= 4 is 34.4 Å². The number of nitrogens with one attached hydrogen (secondary N) is 1. The molecule has 154 valence electrons. The molecule has 1 unspecified atom stereocenters. The highest BCUT2D eigenvalue weighted by Crippen LogP contribution is 2.37. The van der Waals surface area contributed by atoms with Gasteiger partial charge in [-0.25, -0.2) is 14.5 Å². The Hall–Kier alpha value is -3.17. The Morgan fingerprint density at radius 3 is 2.76 bits per heavy atom. The lowest BCUT2D eigenvalue weighted by Crippen LogP contribution is -2.42. The van der Waals surface area contributed by atoms with Gasteiger partial charge >= 0.3 is 11.9 Å². The Kier molecular flexibility index (Phi) is 4.85. The average Bonchev–Trinajstić information content (AvgIpc) is 3.29. The van der Waals surface area contributed by atoms with E-state index in [1.165, 1.54) is 14.2 Å². The Labute approximate surface area is 167 Å². The SMILES string of the molecule is CCn1ncc2c(NC3CC3)c(C3=NOC(CC(=O)OC)(C(=O)OC)C3)cnc21. The highest BCUT2D eigenvalue weighted by atomic mass is 16.7. The molecular weight excluding hydrogens is 378 g/mol. The van der Waals surface area contributed by atoms with Gasteiger partial charge in [0.2, 0.25) is 5.60 Å². The largest absolute Gasteiger partial charge is 0.469 e. The summed E-state index contributed by atoms with van der Waals surface area (Å²) in [5, 5.41) is 12.9. The van der Waals surface area contributed by atoms with E-state index in [9.17, 15) is 9.59 Å². The first-order chi connectivity index (χ1) is 14.0. The molecule has 1 fully saturated rings. The molecule has 0 aromatic carbocycles. The number of hydrogen-bond acceptors (Lipinski definition) is 9. The number of aryl methyl sites for hydroxylation is 1. The van der Waals surface area contributed by atoms with Crippen LogP contribution in [0.25, 0.3) is 11.0 Å². The molecule has 0 amide bonds. The molecule has 1 atom stereocenters. The molecule has 29 heavy (non-hydrogen) atoms. The number of pyridine rings is 1. The van der Waals surface area contributed by atoms with E-state index in [0.717, 1.165) is 35.1 Å². The van der Waals surface area contributed by atoms with Crippen LogP contribution in [0.4, 0.5) is 5.69 Å². The second-order valence-corrected chi connectivity index (χ2v) is 7.21. The number of oxime groups is 1. The molecule has 0 radical (unpaired) electrons. The number of fused-ring (bicyclic) bond motifs is 1. The van der Waals surface area contributed by atoms with Gasteiger partial charge in [0, 0.05) is 30.8 Å². The van der Waals surface area contributed by atoms with Gasteiger partial charge in [-0.15, -0.1) is 0 Å². The fourth-order valence-corrected chi connectivity index (χ4v) is 3.45. The summed E-state index contributed by atoms with van der Waals surface area (Å²) in [4.78, 5) is 34.3.